The maximum Gasteiger partial charge on any atom is 0.146 e. The Kier molecular flexibility index (Phi) is 5.75. The van der Waals surface area contributed by atoms with E-state index >= 15 is 0 Å². The summed E-state index contributed by atoms with van der Waals surface area (Å²) < 4.78 is 2.37. The third-order valence-electron chi connectivity index (χ3n) is 9.79. The smallest absolute Gasteiger partial charge is 0.146 e. The lowest BCUT2D eigenvalue weighted by Gasteiger charge is -2.26. The van der Waals surface area contributed by atoms with Crippen LogP contribution in [0.2, 0.25) is 0 Å². The number of imidazole rings is 1. The summed E-state index contributed by atoms with van der Waals surface area (Å²) in [5.74, 6) is 0. The van der Waals surface area contributed by atoms with Gasteiger partial charge < -0.3 is 0 Å². The molecule has 0 aliphatic rings. The lowest BCUT2D eigenvalue weighted by molar-refractivity contribution is 1.32. The third-order valence-corrected chi connectivity index (χ3v) is 14.7. The van der Waals surface area contributed by atoms with Crippen LogP contribution in [0.1, 0.15) is 0 Å². The van der Waals surface area contributed by atoms with Crippen molar-refractivity contribution in [1.29, 1.82) is 0 Å². The minimum absolute atomic E-state index is 0.964. The molecule has 8 aromatic carbocycles. The Balaban J connectivity index is 1.36. The minimum Gasteiger partial charge on any atom is -0.291 e. The number of benzene rings is 8. The van der Waals surface area contributed by atoms with E-state index in [1.165, 1.54) is 53.7 Å². The normalized spacial score (nSPS) is 13.4. The van der Waals surface area contributed by atoms with E-state index in [1.54, 1.807) is 0 Å². The van der Waals surface area contributed by atoms with Crippen molar-refractivity contribution in [3.05, 3.63) is 164 Å². The molecule has 1 unspecified atom stereocenters. The molecule has 0 aliphatic heterocycles. The molecule has 0 saturated carbocycles. The molecular formula is C43H27N2PS. The zero-order chi connectivity index (χ0) is 31.1. The van der Waals surface area contributed by atoms with E-state index in [0.29, 0.717) is 0 Å². The van der Waals surface area contributed by atoms with E-state index in [2.05, 4.69) is 168 Å². The Labute approximate surface area is 276 Å². The average molecular weight is 635 g/mol. The highest BCUT2D eigenvalue weighted by molar-refractivity contribution is 8.25. The predicted molar refractivity (Wildman–Crippen MR) is 206 cm³/mol. The van der Waals surface area contributed by atoms with Crippen molar-refractivity contribution in [1.82, 2.24) is 9.38 Å². The quantitative estimate of drug-likeness (QED) is 0.142. The molecule has 0 amide bonds. The largest absolute Gasteiger partial charge is 0.291 e. The molecule has 0 radical (unpaired) electrons. The number of para-hydroxylation sites is 2. The fraction of sp³-hybridized carbons (Fsp3) is 0. The molecule has 0 bridgehead atoms. The van der Waals surface area contributed by atoms with Crippen LogP contribution in [0.5, 0.6) is 0 Å². The third kappa shape index (κ3) is 3.85. The van der Waals surface area contributed by atoms with Gasteiger partial charge in [0, 0.05) is 22.1 Å². The highest BCUT2D eigenvalue weighted by Gasteiger charge is 2.30. The van der Waals surface area contributed by atoms with Crippen LogP contribution in [0.25, 0.3) is 70.7 Å². The second-order valence-corrected chi connectivity index (χ2v) is 16.7. The number of nitrogens with zero attached hydrogens (tertiary/aromatic N) is 2. The van der Waals surface area contributed by atoms with Crippen molar-refractivity contribution in [3.8, 4) is 0 Å². The Morgan fingerprint density at radius 3 is 1.89 bits per heavy atom. The van der Waals surface area contributed by atoms with Gasteiger partial charge in [-0.1, -0.05) is 151 Å². The van der Waals surface area contributed by atoms with E-state index in [0.717, 1.165) is 32.9 Å². The van der Waals surface area contributed by atoms with Crippen molar-refractivity contribution in [2.75, 3.05) is 0 Å². The molecule has 2 aromatic heterocycles. The van der Waals surface area contributed by atoms with Crippen LogP contribution >= 0.6 is 6.04 Å². The van der Waals surface area contributed by atoms with Crippen molar-refractivity contribution in [2.45, 2.75) is 0 Å². The predicted octanol–water partition coefficient (Wildman–Crippen LogP) is 10.0. The van der Waals surface area contributed by atoms with E-state index in [-0.39, 0.29) is 0 Å². The lowest BCUT2D eigenvalue weighted by atomic mass is 10.0. The summed E-state index contributed by atoms with van der Waals surface area (Å²) in [7, 11) is 0. The van der Waals surface area contributed by atoms with Gasteiger partial charge in [0.25, 0.3) is 0 Å². The molecule has 220 valence electrons. The van der Waals surface area contributed by atoms with Gasteiger partial charge in [-0.2, -0.15) is 0 Å². The summed E-state index contributed by atoms with van der Waals surface area (Å²) >= 11 is 7.17. The summed E-state index contributed by atoms with van der Waals surface area (Å²) in [5.41, 5.74) is 4.17. The van der Waals surface area contributed by atoms with Crippen molar-refractivity contribution >= 4 is 104 Å². The number of hydrogen-bond acceptors (Lipinski definition) is 2. The molecule has 4 heteroatoms. The number of pyridine rings is 1. The van der Waals surface area contributed by atoms with E-state index in [9.17, 15) is 0 Å². The topological polar surface area (TPSA) is 17.3 Å². The first-order valence-electron chi connectivity index (χ1n) is 15.9. The van der Waals surface area contributed by atoms with Crippen LogP contribution in [0.4, 0.5) is 0 Å². The summed E-state index contributed by atoms with van der Waals surface area (Å²) in [6.45, 7) is 0. The van der Waals surface area contributed by atoms with Crippen molar-refractivity contribution in [2.24, 2.45) is 0 Å². The Bertz CT molecular complexity index is 2960. The molecule has 47 heavy (non-hydrogen) atoms. The number of aromatic nitrogens is 2. The SMILES string of the molecule is S=P(c1ccc2ccccc2c1)(c1ccc2c(ccc3ccccc32)c1)c1cccc2nc3c4ccccc4c4ccccc4n3c12. The zero-order valence-corrected chi connectivity index (χ0v) is 27.0. The zero-order valence-electron chi connectivity index (χ0n) is 25.3. The van der Waals surface area contributed by atoms with Crippen LogP contribution in [0.3, 0.4) is 0 Å². The summed E-state index contributed by atoms with van der Waals surface area (Å²) in [6, 6.07) is 56.6. The first-order chi connectivity index (χ1) is 23.2. The van der Waals surface area contributed by atoms with Gasteiger partial charge in [-0.3, -0.25) is 4.40 Å². The van der Waals surface area contributed by atoms with Crippen molar-refractivity contribution < 1.29 is 0 Å². The van der Waals surface area contributed by atoms with Gasteiger partial charge in [0.2, 0.25) is 0 Å². The maximum absolute atomic E-state index is 7.17. The highest BCUT2D eigenvalue weighted by atomic mass is 32.4. The Hall–Kier alpha value is -5.34. The Morgan fingerprint density at radius 1 is 0.447 bits per heavy atom. The van der Waals surface area contributed by atoms with Crippen LogP contribution in [-0.4, -0.2) is 9.38 Å². The molecule has 0 fully saturated rings. The van der Waals surface area contributed by atoms with Crippen LogP contribution in [0, 0.1) is 0 Å². The van der Waals surface area contributed by atoms with Gasteiger partial charge in [-0.15, -0.1) is 0 Å². The van der Waals surface area contributed by atoms with Gasteiger partial charge in [0.15, 0.2) is 0 Å². The fourth-order valence-corrected chi connectivity index (χ4v) is 11.6. The minimum atomic E-state index is -2.63. The number of fused-ring (bicyclic) bond motifs is 12. The van der Waals surface area contributed by atoms with E-state index in [1.807, 2.05) is 0 Å². The van der Waals surface area contributed by atoms with Crippen LogP contribution < -0.4 is 15.9 Å². The maximum atomic E-state index is 7.17. The molecule has 10 rings (SSSR count). The average Bonchev–Trinajstić information content (AvgIpc) is 3.55. The standard InChI is InChI=1S/C43H27N2PS/c47-46(32-23-22-28-10-1-2-12-30(28)26-32,33-24-25-35-31(27-33)21-20-29-11-3-4-13-34(29)35)41-19-9-17-39-42(41)45-40-18-8-7-15-37(40)36-14-5-6-16-38(36)43(45)44-39/h1-27H. The molecule has 10 aromatic rings. The second-order valence-electron chi connectivity index (χ2n) is 12.3. The summed E-state index contributed by atoms with van der Waals surface area (Å²) in [6.07, 6.45) is 0. The van der Waals surface area contributed by atoms with Gasteiger partial charge in [0.1, 0.15) is 5.65 Å². The highest BCUT2D eigenvalue weighted by Crippen LogP contribution is 2.47. The monoisotopic (exact) mass is 634 g/mol. The molecular weight excluding hydrogens is 608 g/mol. The molecule has 1 atom stereocenters. The molecule has 2 nitrogen and oxygen atoms in total. The Morgan fingerprint density at radius 2 is 1.04 bits per heavy atom. The number of rotatable bonds is 3. The summed E-state index contributed by atoms with van der Waals surface area (Å²) in [4.78, 5) is 5.32. The first kappa shape index (κ1) is 26.8. The molecule has 0 spiro atoms. The van der Waals surface area contributed by atoms with Crippen molar-refractivity contribution in [3.63, 3.8) is 0 Å². The van der Waals surface area contributed by atoms with E-state index in [4.69, 9.17) is 16.8 Å². The fourth-order valence-electron chi connectivity index (χ4n) is 7.58. The van der Waals surface area contributed by atoms with E-state index < -0.39 is 6.04 Å². The summed E-state index contributed by atoms with van der Waals surface area (Å²) in [5, 5.41) is 14.5. The molecule has 0 saturated heterocycles. The van der Waals surface area contributed by atoms with Gasteiger partial charge in [-0.05, 0) is 72.6 Å². The van der Waals surface area contributed by atoms with Gasteiger partial charge >= 0.3 is 0 Å². The second kappa shape index (κ2) is 10.1. The van der Waals surface area contributed by atoms with Crippen LogP contribution in [-0.2, 0) is 11.8 Å². The van der Waals surface area contributed by atoms with Gasteiger partial charge in [-0.25, -0.2) is 4.98 Å². The lowest BCUT2D eigenvalue weighted by Crippen LogP contribution is -2.26. The van der Waals surface area contributed by atoms with Gasteiger partial charge in [0.05, 0.1) is 16.6 Å². The molecule has 0 aliphatic carbocycles. The number of hydrogen-bond donors (Lipinski definition) is 0. The molecule has 2 heterocycles. The first-order valence-corrected chi connectivity index (χ1v) is 18.7. The molecule has 0 N–H and O–H groups in total. The van der Waals surface area contributed by atoms with Crippen LogP contribution in [0.15, 0.2) is 164 Å².